The van der Waals surface area contributed by atoms with E-state index in [1.54, 1.807) is 0 Å². The van der Waals surface area contributed by atoms with Crippen molar-refractivity contribution in [3.63, 3.8) is 0 Å². The summed E-state index contributed by atoms with van der Waals surface area (Å²) < 4.78 is 0. The second kappa shape index (κ2) is 8.96. The zero-order valence-electron chi connectivity index (χ0n) is 16.4. The molecule has 0 spiro atoms. The van der Waals surface area contributed by atoms with Gasteiger partial charge in [-0.05, 0) is 37.0 Å². The number of nitrogens with zero attached hydrogens (tertiary/aromatic N) is 2. The molecule has 1 amide bonds. The van der Waals surface area contributed by atoms with Gasteiger partial charge in [0.25, 0.3) is 0 Å². The van der Waals surface area contributed by atoms with Crippen molar-refractivity contribution in [2.45, 2.75) is 56.9 Å². The maximum Gasteiger partial charge on any atom is 0.222 e. The first-order chi connectivity index (χ1) is 13.1. The third-order valence-electron chi connectivity index (χ3n) is 6.02. The maximum atomic E-state index is 11.9. The lowest BCUT2D eigenvalue weighted by Gasteiger charge is -2.31. The van der Waals surface area contributed by atoms with Gasteiger partial charge in [-0.2, -0.15) is 0 Å². The van der Waals surface area contributed by atoms with Crippen molar-refractivity contribution in [3.05, 3.63) is 34.9 Å². The highest BCUT2D eigenvalue weighted by molar-refractivity contribution is 6.30. The van der Waals surface area contributed by atoms with Crippen molar-refractivity contribution in [1.29, 1.82) is 0 Å². The summed E-state index contributed by atoms with van der Waals surface area (Å²) in [5.41, 5.74) is 1.50. The number of halogens is 1. The minimum Gasteiger partial charge on any atom is -0.356 e. The van der Waals surface area contributed by atoms with Crippen LogP contribution >= 0.6 is 11.6 Å². The van der Waals surface area contributed by atoms with Gasteiger partial charge in [0.05, 0.1) is 0 Å². The molecule has 5 nitrogen and oxygen atoms in total. The molecule has 1 atom stereocenters. The highest BCUT2D eigenvalue weighted by atomic mass is 35.5. The lowest BCUT2D eigenvalue weighted by atomic mass is 9.79. The van der Waals surface area contributed by atoms with Crippen molar-refractivity contribution in [2.75, 3.05) is 26.7 Å². The summed E-state index contributed by atoms with van der Waals surface area (Å²) in [6.45, 7) is 4.37. The Bertz CT molecular complexity index is 667. The monoisotopic (exact) mass is 390 g/mol. The normalized spacial score (nSPS) is 22.1. The number of carbonyl (C=O) groups excluding carboxylic acids is 1. The Labute approximate surface area is 167 Å². The lowest BCUT2D eigenvalue weighted by Crippen LogP contribution is -2.48. The van der Waals surface area contributed by atoms with Crippen LogP contribution in [0.4, 0.5) is 0 Å². The number of benzene rings is 1. The van der Waals surface area contributed by atoms with Gasteiger partial charge in [0.15, 0.2) is 5.96 Å². The third-order valence-corrected chi connectivity index (χ3v) is 6.27. The van der Waals surface area contributed by atoms with Gasteiger partial charge in [0.2, 0.25) is 5.91 Å². The SMILES string of the molecule is CCC(=O)N1CCC(NC(=NC)NCC2(c3ccc(Cl)cc3)CCCC2)C1. The lowest BCUT2D eigenvalue weighted by molar-refractivity contribution is -0.129. The largest absolute Gasteiger partial charge is 0.356 e. The zero-order chi connectivity index (χ0) is 19.3. The van der Waals surface area contributed by atoms with Crippen LogP contribution in [0, 0.1) is 0 Å². The van der Waals surface area contributed by atoms with Crippen molar-refractivity contribution in [1.82, 2.24) is 15.5 Å². The summed E-state index contributed by atoms with van der Waals surface area (Å²) in [4.78, 5) is 18.2. The highest BCUT2D eigenvalue weighted by Gasteiger charge is 2.36. The second-order valence-corrected chi connectivity index (χ2v) is 8.18. The van der Waals surface area contributed by atoms with Crippen molar-refractivity contribution < 1.29 is 4.79 Å². The Morgan fingerprint density at radius 2 is 2.00 bits per heavy atom. The van der Waals surface area contributed by atoms with Gasteiger partial charge in [-0.3, -0.25) is 9.79 Å². The van der Waals surface area contributed by atoms with E-state index in [9.17, 15) is 4.79 Å². The molecular weight excluding hydrogens is 360 g/mol. The van der Waals surface area contributed by atoms with E-state index in [1.807, 2.05) is 31.0 Å². The molecule has 0 radical (unpaired) electrons. The van der Waals surface area contributed by atoms with E-state index in [4.69, 9.17) is 11.6 Å². The molecule has 0 bridgehead atoms. The van der Waals surface area contributed by atoms with E-state index in [1.165, 1.54) is 31.2 Å². The predicted molar refractivity (Wildman–Crippen MR) is 111 cm³/mol. The molecule has 2 fully saturated rings. The van der Waals surface area contributed by atoms with Gasteiger partial charge < -0.3 is 15.5 Å². The Morgan fingerprint density at radius 1 is 1.30 bits per heavy atom. The van der Waals surface area contributed by atoms with Crippen LogP contribution in [0.5, 0.6) is 0 Å². The molecule has 1 saturated carbocycles. The van der Waals surface area contributed by atoms with E-state index in [2.05, 4.69) is 27.8 Å². The van der Waals surface area contributed by atoms with Gasteiger partial charge in [0.1, 0.15) is 0 Å². The number of likely N-dealkylation sites (tertiary alicyclic amines) is 1. The van der Waals surface area contributed by atoms with Crippen LogP contribution in [0.2, 0.25) is 5.02 Å². The molecule has 1 aromatic rings. The quantitative estimate of drug-likeness (QED) is 0.599. The van der Waals surface area contributed by atoms with Crippen LogP contribution in [0.25, 0.3) is 0 Å². The number of guanidine groups is 1. The summed E-state index contributed by atoms with van der Waals surface area (Å²) in [5.74, 6) is 1.06. The van der Waals surface area contributed by atoms with Gasteiger partial charge in [-0.1, -0.05) is 43.5 Å². The predicted octanol–water partition coefficient (Wildman–Crippen LogP) is 3.33. The molecule has 1 aromatic carbocycles. The summed E-state index contributed by atoms with van der Waals surface area (Å²) in [7, 11) is 1.81. The number of amides is 1. The van der Waals surface area contributed by atoms with Crippen molar-refractivity contribution in [3.8, 4) is 0 Å². The minimum atomic E-state index is 0.141. The van der Waals surface area contributed by atoms with Gasteiger partial charge in [0, 0.05) is 49.6 Å². The van der Waals surface area contributed by atoms with Crippen LogP contribution in [-0.2, 0) is 10.2 Å². The second-order valence-electron chi connectivity index (χ2n) is 7.74. The number of carbonyl (C=O) groups is 1. The number of rotatable bonds is 5. The fourth-order valence-electron chi connectivity index (χ4n) is 4.39. The molecule has 27 heavy (non-hydrogen) atoms. The van der Waals surface area contributed by atoms with Gasteiger partial charge in [-0.25, -0.2) is 0 Å². The zero-order valence-corrected chi connectivity index (χ0v) is 17.2. The van der Waals surface area contributed by atoms with Crippen LogP contribution < -0.4 is 10.6 Å². The molecule has 2 N–H and O–H groups in total. The van der Waals surface area contributed by atoms with E-state index in [0.29, 0.717) is 6.42 Å². The Balaban J connectivity index is 1.59. The minimum absolute atomic E-state index is 0.141. The van der Waals surface area contributed by atoms with Crippen LogP contribution in [-0.4, -0.2) is 49.5 Å². The standard InChI is InChI=1S/C21H31ClN4O/c1-3-19(27)26-13-10-18(14-26)25-20(23-2)24-15-21(11-4-5-12-21)16-6-8-17(22)9-7-16/h6-9,18H,3-5,10-15H2,1-2H3,(H2,23,24,25). The summed E-state index contributed by atoms with van der Waals surface area (Å²) in [6, 6.07) is 8.57. The molecule has 3 rings (SSSR count). The molecule has 1 heterocycles. The first-order valence-electron chi connectivity index (χ1n) is 10.1. The molecule has 1 aliphatic carbocycles. The van der Waals surface area contributed by atoms with Crippen molar-refractivity contribution >= 4 is 23.5 Å². The Morgan fingerprint density at radius 3 is 2.63 bits per heavy atom. The van der Waals surface area contributed by atoms with Gasteiger partial charge >= 0.3 is 0 Å². The molecule has 1 saturated heterocycles. The fourth-order valence-corrected chi connectivity index (χ4v) is 4.52. The van der Waals surface area contributed by atoms with Crippen LogP contribution in [0.15, 0.2) is 29.3 Å². The van der Waals surface area contributed by atoms with E-state index < -0.39 is 0 Å². The molecule has 2 aliphatic rings. The van der Waals surface area contributed by atoms with E-state index in [0.717, 1.165) is 37.0 Å². The summed E-state index contributed by atoms with van der Waals surface area (Å²) >= 11 is 6.08. The number of nitrogens with one attached hydrogen (secondary N) is 2. The Hall–Kier alpha value is -1.75. The first-order valence-corrected chi connectivity index (χ1v) is 10.4. The average Bonchev–Trinajstić information content (AvgIpc) is 3.35. The molecule has 6 heteroatoms. The van der Waals surface area contributed by atoms with Gasteiger partial charge in [-0.15, -0.1) is 0 Å². The third kappa shape index (κ3) is 4.75. The fraction of sp³-hybridized carbons (Fsp3) is 0.619. The molecule has 148 valence electrons. The molecule has 1 aliphatic heterocycles. The van der Waals surface area contributed by atoms with E-state index >= 15 is 0 Å². The molecule has 0 aromatic heterocycles. The summed E-state index contributed by atoms with van der Waals surface area (Å²) in [6.07, 6.45) is 6.42. The van der Waals surface area contributed by atoms with Crippen molar-refractivity contribution in [2.24, 2.45) is 4.99 Å². The average molecular weight is 391 g/mol. The number of hydrogen-bond donors (Lipinski definition) is 2. The summed E-state index contributed by atoms with van der Waals surface area (Å²) in [5, 5.41) is 7.84. The number of hydrogen-bond acceptors (Lipinski definition) is 2. The number of aliphatic imine (C=N–C) groups is 1. The molecule has 1 unspecified atom stereocenters. The van der Waals surface area contributed by atoms with Crippen LogP contribution in [0.1, 0.15) is 51.0 Å². The first kappa shape index (κ1) is 20.0. The Kier molecular flexibility index (Phi) is 6.64. The van der Waals surface area contributed by atoms with Crippen LogP contribution in [0.3, 0.4) is 0 Å². The smallest absolute Gasteiger partial charge is 0.222 e. The highest BCUT2D eigenvalue weighted by Crippen LogP contribution is 2.40. The van der Waals surface area contributed by atoms with E-state index in [-0.39, 0.29) is 17.4 Å². The molecular formula is C21H31ClN4O. The topological polar surface area (TPSA) is 56.7 Å². The maximum absolute atomic E-state index is 11.9.